The zero-order valence-electron chi connectivity index (χ0n) is 9.52. The molecule has 0 aromatic heterocycles. The van der Waals surface area contributed by atoms with E-state index in [4.69, 9.17) is 20.9 Å². The third-order valence-corrected chi connectivity index (χ3v) is 2.14. The summed E-state index contributed by atoms with van der Waals surface area (Å²) in [6, 6.07) is 1.24. The summed E-state index contributed by atoms with van der Waals surface area (Å²) in [6.45, 7) is -0.154. The van der Waals surface area contributed by atoms with E-state index in [1.54, 1.807) is 0 Å². The van der Waals surface area contributed by atoms with Crippen LogP contribution in [0.4, 0.5) is 17.6 Å². The molecule has 0 aliphatic carbocycles. The van der Waals surface area contributed by atoms with Crippen molar-refractivity contribution in [1.82, 2.24) is 4.90 Å². The molecule has 0 aromatic carbocycles. The summed E-state index contributed by atoms with van der Waals surface area (Å²) >= 11 is 0. The number of carboxylic acids is 1. The number of hydrogen-bond donors (Lipinski definition) is 2. The Morgan fingerprint density at radius 2 is 1.95 bits per heavy atom. The van der Waals surface area contributed by atoms with Gasteiger partial charge in [-0.1, -0.05) is 0 Å². The quantitative estimate of drug-likeness (QED) is 0.661. The first-order chi connectivity index (χ1) is 8.63. The maximum atomic E-state index is 12.7. The summed E-state index contributed by atoms with van der Waals surface area (Å²) < 4.78 is 44.5. The zero-order chi connectivity index (χ0) is 15.2. The molecule has 2 atom stereocenters. The highest BCUT2D eigenvalue weighted by Gasteiger charge is 2.38. The van der Waals surface area contributed by atoms with Gasteiger partial charge in [-0.25, -0.2) is 9.18 Å². The molecule has 1 fully saturated rings. The van der Waals surface area contributed by atoms with Gasteiger partial charge >= 0.3 is 12.1 Å². The van der Waals surface area contributed by atoms with Crippen LogP contribution in [0.5, 0.6) is 0 Å². The number of carboxylic acid groups (broad SMARTS) is 1. The van der Waals surface area contributed by atoms with Gasteiger partial charge in [-0.05, 0) is 0 Å². The molecule has 0 unspecified atom stereocenters. The number of halogens is 4. The lowest BCUT2D eigenvalue weighted by atomic mass is 10.2. The summed E-state index contributed by atoms with van der Waals surface area (Å²) in [7, 11) is 0. The molecule has 0 saturated carbocycles. The van der Waals surface area contributed by atoms with Crippen LogP contribution in [0.3, 0.4) is 0 Å². The second-order valence-electron chi connectivity index (χ2n) is 3.53. The number of likely N-dealkylation sites (tertiary alicyclic amines) is 1. The number of nitriles is 1. The lowest BCUT2D eigenvalue weighted by molar-refractivity contribution is -0.192. The average Bonchev–Trinajstić information content (AvgIpc) is 2.69. The molecular weight excluding hydrogens is 274 g/mol. The van der Waals surface area contributed by atoms with Crippen LogP contribution >= 0.6 is 0 Å². The van der Waals surface area contributed by atoms with E-state index in [0.29, 0.717) is 0 Å². The topological polar surface area (TPSA) is 107 Å². The summed E-state index contributed by atoms with van der Waals surface area (Å²) in [5.74, 6) is -3.12. The predicted molar refractivity (Wildman–Crippen MR) is 53.4 cm³/mol. The lowest BCUT2D eigenvalue weighted by Gasteiger charge is -2.17. The van der Waals surface area contributed by atoms with Gasteiger partial charge in [-0.15, -0.1) is 0 Å². The van der Waals surface area contributed by atoms with Crippen LogP contribution in [0.2, 0.25) is 0 Å². The largest absolute Gasteiger partial charge is 0.490 e. The van der Waals surface area contributed by atoms with Crippen LogP contribution in [-0.4, -0.2) is 53.4 Å². The molecule has 10 heteroatoms. The normalized spacial score (nSPS) is 22.2. The molecule has 1 aliphatic rings. The van der Waals surface area contributed by atoms with Crippen molar-refractivity contribution < 1.29 is 32.3 Å². The van der Waals surface area contributed by atoms with E-state index in [0.717, 1.165) is 0 Å². The molecule has 108 valence electrons. The Labute approximate surface area is 105 Å². The zero-order valence-corrected chi connectivity index (χ0v) is 9.52. The lowest BCUT2D eigenvalue weighted by Crippen LogP contribution is -2.39. The fourth-order valence-corrected chi connectivity index (χ4v) is 1.30. The number of hydrogen-bond acceptors (Lipinski definition) is 4. The van der Waals surface area contributed by atoms with E-state index < -0.39 is 24.4 Å². The van der Waals surface area contributed by atoms with Crippen LogP contribution in [-0.2, 0) is 9.59 Å². The maximum Gasteiger partial charge on any atom is 0.490 e. The van der Waals surface area contributed by atoms with E-state index in [1.807, 2.05) is 6.07 Å². The minimum absolute atomic E-state index is 0.00819. The van der Waals surface area contributed by atoms with Gasteiger partial charge < -0.3 is 15.7 Å². The second-order valence-corrected chi connectivity index (χ2v) is 3.53. The predicted octanol–water partition coefficient (Wildman–Crippen LogP) is 0.0410. The Morgan fingerprint density at radius 3 is 2.26 bits per heavy atom. The van der Waals surface area contributed by atoms with E-state index >= 15 is 0 Å². The molecule has 0 aromatic rings. The van der Waals surface area contributed by atoms with Crippen molar-refractivity contribution in [1.29, 1.82) is 5.26 Å². The molecule has 3 N–H and O–H groups in total. The number of amides is 1. The molecule has 1 rings (SSSR count). The first-order valence-corrected chi connectivity index (χ1v) is 4.96. The highest BCUT2D eigenvalue weighted by Crippen LogP contribution is 2.19. The Hall–Kier alpha value is -1.89. The van der Waals surface area contributed by atoms with Crippen molar-refractivity contribution in [3.8, 4) is 6.07 Å². The summed E-state index contributed by atoms with van der Waals surface area (Å²) in [4.78, 5) is 21.1. The first kappa shape index (κ1) is 17.1. The first-order valence-electron chi connectivity index (χ1n) is 4.96. The maximum absolute atomic E-state index is 12.7. The van der Waals surface area contributed by atoms with Crippen molar-refractivity contribution in [3.63, 3.8) is 0 Å². The molecule has 1 heterocycles. The van der Waals surface area contributed by atoms with Crippen LogP contribution in [0.25, 0.3) is 0 Å². The van der Waals surface area contributed by atoms with Gasteiger partial charge in [0.25, 0.3) is 0 Å². The van der Waals surface area contributed by atoms with Crippen LogP contribution in [0.1, 0.15) is 6.42 Å². The molecule has 1 aliphatic heterocycles. The van der Waals surface area contributed by atoms with E-state index in [1.165, 1.54) is 4.90 Å². The second kappa shape index (κ2) is 6.89. The molecule has 19 heavy (non-hydrogen) atoms. The smallest absolute Gasteiger partial charge is 0.475 e. The Kier molecular flexibility index (Phi) is 6.20. The molecule has 0 bridgehead atoms. The fraction of sp³-hybridized carbons (Fsp3) is 0.667. The van der Waals surface area contributed by atoms with Crippen LogP contribution < -0.4 is 5.73 Å². The molecular formula is C9H11F4N3O3. The van der Waals surface area contributed by atoms with E-state index in [-0.39, 0.29) is 25.4 Å². The third-order valence-electron chi connectivity index (χ3n) is 2.14. The molecule has 0 radical (unpaired) electrons. The van der Waals surface area contributed by atoms with Gasteiger partial charge in [0.2, 0.25) is 5.91 Å². The summed E-state index contributed by atoms with van der Waals surface area (Å²) in [5, 5.41) is 15.7. The van der Waals surface area contributed by atoms with Crippen molar-refractivity contribution in [3.05, 3.63) is 0 Å². The standard InChI is InChI=1S/C7H10FN3O.C2HF3O2/c8-5-1-6(2-9)11(4-5)7(12)3-10;3-2(4,5)1(6)7/h5-6H,1,3-4,10H2;(H,6,7)/t5-,6-;/m0./s1. The Morgan fingerprint density at radius 1 is 1.47 bits per heavy atom. The van der Waals surface area contributed by atoms with Gasteiger partial charge in [0.05, 0.1) is 19.2 Å². The van der Waals surface area contributed by atoms with Crippen molar-refractivity contribution in [2.24, 2.45) is 5.73 Å². The fourth-order valence-electron chi connectivity index (χ4n) is 1.30. The number of aliphatic carboxylic acids is 1. The minimum atomic E-state index is -5.08. The van der Waals surface area contributed by atoms with Gasteiger partial charge in [0.1, 0.15) is 12.2 Å². The molecule has 6 nitrogen and oxygen atoms in total. The van der Waals surface area contributed by atoms with Crippen molar-refractivity contribution >= 4 is 11.9 Å². The number of nitrogens with zero attached hydrogens (tertiary/aromatic N) is 2. The van der Waals surface area contributed by atoms with Gasteiger partial charge in [0, 0.05) is 6.42 Å². The number of carbonyl (C=O) groups excluding carboxylic acids is 1. The van der Waals surface area contributed by atoms with Gasteiger partial charge in [-0.3, -0.25) is 4.79 Å². The van der Waals surface area contributed by atoms with Crippen LogP contribution in [0, 0.1) is 11.3 Å². The Balaban J connectivity index is 0.000000399. The average molecular weight is 285 g/mol. The highest BCUT2D eigenvalue weighted by atomic mass is 19.4. The third kappa shape index (κ3) is 5.52. The number of carbonyl (C=O) groups is 2. The summed E-state index contributed by atoms with van der Waals surface area (Å²) in [5.41, 5.74) is 5.09. The van der Waals surface area contributed by atoms with E-state index in [2.05, 4.69) is 0 Å². The molecule has 0 spiro atoms. The highest BCUT2D eigenvalue weighted by molar-refractivity contribution is 5.79. The summed E-state index contributed by atoms with van der Waals surface area (Å²) in [6.07, 6.45) is -6.05. The van der Waals surface area contributed by atoms with Crippen LogP contribution in [0.15, 0.2) is 0 Å². The van der Waals surface area contributed by atoms with Gasteiger partial charge in [-0.2, -0.15) is 18.4 Å². The minimum Gasteiger partial charge on any atom is -0.475 e. The number of nitrogens with two attached hydrogens (primary N) is 1. The molecule has 1 saturated heterocycles. The molecule has 1 amide bonds. The number of rotatable bonds is 1. The number of alkyl halides is 4. The SMILES string of the molecule is N#C[C@@H]1C[C@H](F)CN1C(=O)CN.O=C(O)C(F)(F)F. The van der Waals surface area contributed by atoms with Crippen molar-refractivity contribution in [2.75, 3.05) is 13.1 Å². The van der Waals surface area contributed by atoms with Crippen molar-refractivity contribution in [2.45, 2.75) is 24.8 Å². The van der Waals surface area contributed by atoms with E-state index in [9.17, 15) is 22.4 Å². The Bertz CT molecular complexity index is 380. The van der Waals surface area contributed by atoms with Gasteiger partial charge in [0.15, 0.2) is 0 Å². The monoisotopic (exact) mass is 285 g/mol.